The highest BCUT2D eigenvalue weighted by molar-refractivity contribution is 7.89. The summed E-state index contributed by atoms with van der Waals surface area (Å²) in [5, 5.41) is 3.92. The number of hydrogen-bond donors (Lipinski definition) is 2. The van der Waals surface area contributed by atoms with Crippen LogP contribution in [0.15, 0.2) is 58.8 Å². The predicted octanol–water partition coefficient (Wildman–Crippen LogP) is -0.570. The Morgan fingerprint density at radius 1 is 1.25 bits per heavy atom. The van der Waals surface area contributed by atoms with E-state index in [9.17, 15) is 13.2 Å². The molecule has 1 fully saturated rings. The molecule has 1 aliphatic rings. The van der Waals surface area contributed by atoms with Gasteiger partial charge >= 0.3 is 0 Å². The van der Waals surface area contributed by atoms with E-state index >= 15 is 0 Å². The van der Waals surface area contributed by atoms with E-state index < -0.39 is 10.0 Å². The summed E-state index contributed by atoms with van der Waals surface area (Å²) in [7, 11) is -3.49. The molecule has 1 aromatic carbocycles. The van der Waals surface area contributed by atoms with Crippen molar-refractivity contribution in [3.05, 3.63) is 59.9 Å². The van der Waals surface area contributed by atoms with Crippen LogP contribution in [-0.2, 0) is 14.8 Å². The molecule has 1 saturated heterocycles. The van der Waals surface area contributed by atoms with Gasteiger partial charge in [-0.15, -0.1) is 0 Å². The van der Waals surface area contributed by atoms with Crippen LogP contribution in [0.1, 0.15) is 11.1 Å². The molecular formula is C19H24N5O3S+. The number of piperazine rings is 1. The number of nitrogens with one attached hydrogen (secondary N) is 2. The Hall–Kier alpha value is -2.62. The van der Waals surface area contributed by atoms with Crippen molar-refractivity contribution in [2.45, 2.75) is 11.8 Å². The van der Waals surface area contributed by atoms with Gasteiger partial charge in [-0.25, -0.2) is 13.8 Å². The maximum Gasteiger partial charge on any atom is 0.295 e. The molecule has 2 heterocycles. The van der Waals surface area contributed by atoms with Gasteiger partial charge in [0, 0.05) is 18.0 Å². The van der Waals surface area contributed by atoms with Crippen molar-refractivity contribution in [2.24, 2.45) is 5.10 Å². The minimum atomic E-state index is -3.49. The average molecular weight is 403 g/mol. The summed E-state index contributed by atoms with van der Waals surface area (Å²) in [5.74, 6) is -0.204. The van der Waals surface area contributed by atoms with Gasteiger partial charge in [0.25, 0.3) is 5.91 Å². The van der Waals surface area contributed by atoms with Gasteiger partial charge in [0.15, 0.2) is 6.54 Å². The number of nitrogens with zero attached hydrogens (tertiary/aromatic N) is 3. The van der Waals surface area contributed by atoms with E-state index in [-0.39, 0.29) is 12.5 Å². The molecule has 0 bridgehead atoms. The van der Waals surface area contributed by atoms with Gasteiger partial charge in [-0.05, 0) is 25.1 Å². The number of rotatable bonds is 6. The van der Waals surface area contributed by atoms with E-state index in [0.29, 0.717) is 31.1 Å². The fourth-order valence-electron chi connectivity index (χ4n) is 2.98. The van der Waals surface area contributed by atoms with Crippen molar-refractivity contribution >= 4 is 22.1 Å². The molecule has 0 atom stereocenters. The predicted molar refractivity (Wildman–Crippen MR) is 105 cm³/mol. The largest absolute Gasteiger partial charge is 0.325 e. The molecule has 3 rings (SSSR count). The summed E-state index contributed by atoms with van der Waals surface area (Å²) in [5.41, 5.74) is 4.32. The number of pyridine rings is 1. The third kappa shape index (κ3) is 5.22. The van der Waals surface area contributed by atoms with Crippen LogP contribution in [0.5, 0.6) is 0 Å². The van der Waals surface area contributed by atoms with Gasteiger partial charge in [-0.2, -0.15) is 9.41 Å². The molecular weight excluding hydrogens is 378 g/mol. The second-order valence-electron chi connectivity index (χ2n) is 6.72. The van der Waals surface area contributed by atoms with Crippen molar-refractivity contribution in [3.8, 4) is 0 Å². The molecule has 148 valence electrons. The summed E-state index contributed by atoms with van der Waals surface area (Å²) in [6, 6.07) is 10.5. The molecule has 0 radical (unpaired) electrons. The standard InChI is InChI=1S/C19H23N5O3S/c1-16-4-6-18(7-5-16)28(26,27)24-11-9-23(10-12-24)15-19(25)22-21-14-17-3-2-8-20-13-17/h2-8,13-14H,9-12,15H2,1H3,(H,22,25)/p+1/b21-14+. The zero-order valence-electron chi connectivity index (χ0n) is 15.7. The quantitative estimate of drug-likeness (QED) is 0.500. The van der Waals surface area contributed by atoms with E-state index in [1.165, 1.54) is 10.5 Å². The molecule has 2 aromatic rings. The summed E-state index contributed by atoms with van der Waals surface area (Å²) in [6.07, 6.45) is 4.85. The number of aromatic nitrogens is 1. The van der Waals surface area contributed by atoms with Gasteiger partial charge in [-0.1, -0.05) is 23.8 Å². The van der Waals surface area contributed by atoms with Crippen molar-refractivity contribution in [2.75, 3.05) is 32.7 Å². The zero-order chi connectivity index (χ0) is 20.0. The Labute approximate surface area is 164 Å². The van der Waals surface area contributed by atoms with E-state index in [2.05, 4.69) is 15.5 Å². The highest BCUT2D eigenvalue weighted by Gasteiger charge is 2.30. The summed E-state index contributed by atoms with van der Waals surface area (Å²) < 4.78 is 26.9. The Morgan fingerprint density at radius 3 is 2.61 bits per heavy atom. The Bertz CT molecular complexity index is 922. The topological polar surface area (TPSA) is 96.2 Å². The second kappa shape index (κ2) is 9.05. The molecule has 1 amide bonds. The van der Waals surface area contributed by atoms with Gasteiger partial charge in [-0.3, -0.25) is 9.78 Å². The van der Waals surface area contributed by atoms with Gasteiger partial charge in [0.05, 0.1) is 37.3 Å². The van der Waals surface area contributed by atoms with Crippen LogP contribution in [0.4, 0.5) is 0 Å². The van der Waals surface area contributed by atoms with E-state index in [1.807, 2.05) is 13.0 Å². The lowest BCUT2D eigenvalue weighted by atomic mass is 10.2. The third-order valence-corrected chi connectivity index (χ3v) is 6.50. The summed E-state index contributed by atoms with van der Waals surface area (Å²) >= 11 is 0. The molecule has 1 aromatic heterocycles. The highest BCUT2D eigenvalue weighted by atomic mass is 32.2. The van der Waals surface area contributed by atoms with E-state index in [4.69, 9.17) is 0 Å². The normalized spacial score (nSPS) is 16.3. The van der Waals surface area contributed by atoms with Crippen LogP contribution in [-0.4, -0.2) is 62.6 Å². The molecule has 0 unspecified atom stereocenters. The van der Waals surface area contributed by atoms with Gasteiger partial charge in [0.1, 0.15) is 0 Å². The number of hydrazone groups is 1. The molecule has 0 aliphatic carbocycles. The maximum absolute atomic E-state index is 12.7. The summed E-state index contributed by atoms with van der Waals surface area (Å²) in [6.45, 7) is 4.10. The lowest BCUT2D eigenvalue weighted by molar-refractivity contribution is -0.895. The zero-order valence-corrected chi connectivity index (χ0v) is 16.5. The van der Waals surface area contributed by atoms with E-state index in [1.54, 1.807) is 42.7 Å². The second-order valence-corrected chi connectivity index (χ2v) is 8.66. The monoisotopic (exact) mass is 402 g/mol. The van der Waals surface area contributed by atoms with Crippen molar-refractivity contribution in [3.63, 3.8) is 0 Å². The Kier molecular flexibility index (Phi) is 6.50. The summed E-state index contributed by atoms with van der Waals surface area (Å²) in [4.78, 5) is 17.3. The lowest BCUT2D eigenvalue weighted by Gasteiger charge is -2.31. The lowest BCUT2D eigenvalue weighted by Crippen LogP contribution is -3.15. The molecule has 0 spiro atoms. The third-order valence-electron chi connectivity index (χ3n) is 4.59. The average Bonchev–Trinajstić information content (AvgIpc) is 2.69. The van der Waals surface area contributed by atoms with Crippen LogP contribution in [0.2, 0.25) is 0 Å². The number of amides is 1. The van der Waals surface area contributed by atoms with E-state index in [0.717, 1.165) is 16.0 Å². The number of sulfonamides is 1. The van der Waals surface area contributed by atoms with Crippen molar-refractivity contribution < 1.29 is 18.1 Å². The number of carbonyl (C=O) groups excluding carboxylic acids is 1. The molecule has 2 N–H and O–H groups in total. The maximum atomic E-state index is 12.7. The van der Waals surface area contributed by atoms with Crippen LogP contribution in [0, 0.1) is 6.92 Å². The number of aryl methyl sites for hydroxylation is 1. The van der Waals surface area contributed by atoms with Crippen molar-refractivity contribution in [1.29, 1.82) is 0 Å². The van der Waals surface area contributed by atoms with Gasteiger partial charge < -0.3 is 4.90 Å². The molecule has 9 heteroatoms. The highest BCUT2D eigenvalue weighted by Crippen LogP contribution is 2.16. The minimum Gasteiger partial charge on any atom is -0.325 e. The Morgan fingerprint density at radius 2 is 1.96 bits per heavy atom. The fourth-order valence-corrected chi connectivity index (χ4v) is 4.42. The first-order chi connectivity index (χ1) is 13.4. The first-order valence-electron chi connectivity index (χ1n) is 9.07. The molecule has 28 heavy (non-hydrogen) atoms. The van der Waals surface area contributed by atoms with Crippen LogP contribution >= 0.6 is 0 Å². The minimum absolute atomic E-state index is 0.204. The van der Waals surface area contributed by atoms with Crippen LogP contribution < -0.4 is 10.3 Å². The van der Waals surface area contributed by atoms with Crippen LogP contribution in [0.25, 0.3) is 0 Å². The fraction of sp³-hybridized carbons (Fsp3) is 0.316. The molecule has 1 aliphatic heterocycles. The Balaban J connectivity index is 1.48. The SMILES string of the molecule is Cc1ccc(S(=O)(=O)N2CC[NH+](CC(=O)N/N=C/c3cccnc3)CC2)cc1. The molecule has 0 saturated carbocycles. The number of benzene rings is 1. The number of hydrogen-bond acceptors (Lipinski definition) is 5. The van der Waals surface area contributed by atoms with Crippen molar-refractivity contribution in [1.82, 2.24) is 14.7 Å². The van der Waals surface area contributed by atoms with Gasteiger partial charge in [0.2, 0.25) is 10.0 Å². The van der Waals surface area contributed by atoms with Crippen LogP contribution in [0.3, 0.4) is 0 Å². The first kappa shape index (κ1) is 20.1. The number of carbonyl (C=O) groups is 1. The first-order valence-corrected chi connectivity index (χ1v) is 10.5. The molecule has 8 nitrogen and oxygen atoms in total. The smallest absolute Gasteiger partial charge is 0.295 e. The number of quaternary nitrogens is 1.